The second-order valence-corrected chi connectivity index (χ2v) is 7.46. The van der Waals surface area contributed by atoms with Crippen molar-refractivity contribution < 1.29 is 19.1 Å². The van der Waals surface area contributed by atoms with E-state index in [2.05, 4.69) is 15.3 Å². The molecular formula is C22H31N5O4. The van der Waals surface area contributed by atoms with Gasteiger partial charge in [-0.05, 0) is 24.6 Å². The van der Waals surface area contributed by atoms with Crippen LogP contribution in [0.2, 0.25) is 0 Å². The molecule has 0 saturated carbocycles. The molecule has 9 heteroatoms. The molecule has 2 aromatic rings. The highest BCUT2D eigenvalue weighted by Gasteiger charge is 2.26. The zero-order chi connectivity index (χ0) is 22.2. The third-order valence-electron chi connectivity index (χ3n) is 5.23. The molecule has 9 nitrogen and oxygen atoms in total. The number of aryl methyl sites for hydroxylation is 1. The molecule has 1 aromatic heterocycles. The van der Waals surface area contributed by atoms with Crippen LogP contribution in [0, 0.1) is 0 Å². The number of ether oxygens (including phenoxy) is 2. The van der Waals surface area contributed by atoms with Gasteiger partial charge >= 0.3 is 0 Å². The third-order valence-corrected chi connectivity index (χ3v) is 5.23. The zero-order valence-corrected chi connectivity index (χ0v) is 18.5. The van der Waals surface area contributed by atoms with E-state index < -0.39 is 0 Å². The van der Waals surface area contributed by atoms with Gasteiger partial charge in [0.1, 0.15) is 11.3 Å². The first-order chi connectivity index (χ1) is 15.0. The number of aromatic nitrogens is 2. The van der Waals surface area contributed by atoms with E-state index in [-0.39, 0.29) is 11.8 Å². The fraction of sp³-hybridized carbons (Fsp3) is 0.500. The molecule has 2 amide bonds. The number of hydrogen-bond acceptors (Lipinski definition) is 6. The number of piperazine rings is 1. The van der Waals surface area contributed by atoms with Crippen molar-refractivity contribution in [1.82, 2.24) is 24.9 Å². The van der Waals surface area contributed by atoms with Crippen LogP contribution in [-0.2, 0) is 18.3 Å². The topological polar surface area (TPSA) is 88.9 Å². The summed E-state index contributed by atoms with van der Waals surface area (Å²) in [7, 11) is 3.28. The summed E-state index contributed by atoms with van der Waals surface area (Å²) in [5, 5.41) is 7.13. The summed E-state index contributed by atoms with van der Waals surface area (Å²) >= 11 is 0. The van der Waals surface area contributed by atoms with E-state index in [9.17, 15) is 9.59 Å². The predicted molar refractivity (Wildman–Crippen MR) is 116 cm³/mol. The molecule has 0 radical (unpaired) electrons. The van der Waals surface area contributed by atoms with Gasteiger partial charge in [-0.3, -0.25) is 19.2 Å². The zero-order valence-electron chi connectivity index (χ0n) is 18.5. The quantitative estimate of drug-likeness (QED) is 0.638. The van der Waals surface area contributed by atoms with Gasteiger partial charge in [-0.1, -0.05) is 12.1 Å². The Morgan fingerprint density at radius 1 is 1.13 bits per heavy atom. The molecule has 1 saturated heterocycles. The van der Waals surface area contributed by atoms with Crippen molar-refractivity contribution in [3.8, 4) is 11.6 Å². The van der Waals surface area contributed by atoms with Crippen LogP contribution in [-0.4, -0.2) is 84.4 Å². The average Bonchev–Trinajstić information content (AvgIpc) is 3.16. The molecule has 0 bridgehead atoms. The maximum absolute atomic E-state index is 12.7. The van der Waals surface area contributed by atoms with E-state index in [4.69, 9.17) is 9.47 Å². The Morgan fingerprint density at radius 3 is 2.48 bits per heavy atom. The Balaban J connectivity index is 1.37. The molecule has 168 valence electrons. The van der Waals surface area contributed by atoms with Crippen molar-refractivity contribution in [2.75, 3.05) is 53.0 Å². The van der Waals surface area contributed by atoms with Gasteiger partial charge in [0, 0.05) is 52.5 Å². The van der Waals surface area contributed by atoms with E-state index >= 15 is 0 Å². The summed E-state index contributed by atoms with van der Waals surface area (Å²) in [6.07, 6.45) is 2.04. The van der Waals surface area contributed by atoms with Crippen molar-refractivity contribution in [1.29, 1.82) is 0 Å². The first-order valence-corrected chi connectivity index (χ1v) is 10.6. The summed E-state index contributed by atoms with van der Waals surface area (Å²) < 4.78 is 12.2. The lowest BCUT2D eigenvalue weighted by Gasteiger charge is -2.34. The first-order valence-electron chi connectivity index (χ1n) is 10.6. The molecule has 0 unspecified atom stereocenters. The Morgan fingerprint density at radius 2 is 1.84 bits per heavy atom. The summed E-state index contributed by atoms with van der Waals surface area (Å²) in [5.41, 5.74) is 1.44. The number of rotatable bonds is 9. The Hall–Kier alpha value is -3.07. The molecule has 0 atom stereocenters. The van der Waals surface area contributed by atoms with Gasteiger partial charge in [-0.2, -0.15) is 0 Å². The van der Waals surface area contributed by atoms with Crippen molar-refractivity contribution in [3.05, 3.63) is 41.6 Å². The number of carbonyl (C=O) groups is 2. The minimum absolute atomic E-state index is 0.00152. The minimum Gasteiger partial charge on any atom is -0.494 e. The lowest BCUT2D eigenvalue weighted by molar-refractivity contribution is -0.120. The number of benzene rings is 1. The number of nitrogens with zero attached hydrogens (tertiary/aromatic N) is 4. The van der Waals surface area contributed by atoms with Gasteiger partial charge in [0.2, 0.25) is 11.8 Å². The van der Waals surface area contributed by atoms with Crippen LogP contribution in [0.1, 0.15) is 22.8 Å². The molecule has 1 N–H and O–H groups in total. The summed E-state index contributed by atoms with van der Waals surface area (Å²) in [4.78, 5) is 29.0. The van der Waals surface area contributed by atoms with Gasteiger partial charge in [0.25, 0.3) is 5.91 Å². The van der Waals surface area contributed by atoms with E-state index in [0.717, 1.165) is 30.9 Å². The highest BCUT2D eigenvalue weighted by molar-refractivity contribution is 5.96. The van der Waals surface area contributed by atoms with Crippen molar-refractivity contribution in [2.24, 2.45) is 7.05 Å². The fourth-order valence-electron chi connectivity index (χ4n) is 3.58. The van der Waals surface area contributed by atoms with Crippen LogP contribution in [0.15, 0.2) is 30.5 Å². The van der Waals surface area contributed by atoms with Crippen LogP contribution < -0.4 is 14.8 Å². The fourth-order valence-corrected chi connectivity index (χ4v) is 3.58. The van der Waals surface area contributed by atoms with Crippen LogP contribution in [0.3, 0.4) is 0 Å². The lowest BCUT2D eigenvalue weighted by Crippen LogP contribution is -2.50. The van der Waals surface area contributed by atoms with Gasteiger partial charge < -0.3 is 19.7 Å². The van der Waals surface area contributed by atoms with Crippen LogP contribution >= 0.6 is 0 Å². The number of carbonyl (C=O) groups excluding carboxylic acids is 2. The molecule has 0 spiro atoms. The van der Waals surface area contributed by atoms with Gasteiger partial charge in [-0.15, -0.1) is 5.10 Å². The standard InChI is InChI=1S/C22H31N5O4/c1-4-31-18-7-5-17(6-8-18)15-20(28)23-9-10-26-11-13-27(14-12-26)22(29)19-16-25(2)24-21(19)30-3/h5-8,16H,4,9-15H2,1-3H3,(H,23,28). The van der Waals surface area contributed by atoms with Crippen molar-refractivity contribution >= 4 is 11.8 Å². The van der Waals surface area contributed by atoms with Gasteiger partial charge in [-0.25, -0.2) is 0 Å². The maximum atomic E-state index is 12.7. The Labute approximate surface area is 182 Å². The molecule has 1 fully saturated rings. The predicted octanol–water partition coefficient (Wildman–Crippen LogP) is 0.944. The molecule has 0 aliphatic carbocycles. The SMILES string of the molecule is CCOc1ccc(CC(=O)NCCN2CCN(C(=O)c3cn(C)nc3OC)CC2)cc1. The monoisotopic (exact) mass is 429 g/mol. The summed E-state index contributed by atoms with van der Waals surface area (Å²) in [5.74, 6) is 1.10. The maximum Gasteiger partial charge on any atom is 0.261 e. The second-order valence-electron chi connectivity index (χ2n) is 7.46. The Bertz CT molecular complexity index is 873. The lowest BCUT2D eigenvalue weighted by atomic mass is 10.1. The largest absolute Gasteiger partial charge is 0.494 e. The average molecular weight is 430 g/mol. The molecule has 31 heavy (non-hydrogen) atoms. The molecule has 3 rings (SSSR count). The normalized spacial score (nSPS) is 14.4. The third kappa shape index (κ3) is 6.21. The first kappa shape index (κ1) is 22.6. The minimum atomic E-state index is -0.0618. The molecule has 1 aliphatic rings. The van der Waals surface area contributed by atoms with E-state index in [1.165, 1.54) is 7.11 Å². The second kappa shape index (κ2) is 10.8. The molecule has 2 heterocycles. The van der Waals surface area contributed by atoms with Gasteiger partial charge in [0.15, 0.2) is 0 Å². The summed E-state index contributed by atoms with van der Waals surface area (Å²) in [6.45, 7) is 6.71. The van der Waals surface area contributed by atoms with E-state index in [0.29, 0.717) is 44.1 Å². The van der Waals surface area contributed by atoms with Crippen LogP contribution in [0.25, 0.3) is 0 Å². The number of nitrogens with one attached hydrogen (secondary N) is 1. The van der Waals surface area contributed by atoms with E-state index in [1.54, 1.807) is 17.9 Å². The highest BCUT2D eigenvalue weighted by Crippen LogP contribution is 2.18. The van der Waals surface area contributed by atoms with Crippen LogP contribution in [0.5, 0.6) is 11.6 Å². The number of amides is 2. The smallest absolute Gasteiger partial charge is 0.261 e. The van der Waals surface area contributed by atoms with Gasteiger partial charge in [0.05, 0.1) is 20.1 Å². The van der Waals surface area contributed by atoms with Crippen molar-refractivity contribution in [3.63, 3.8) is 0 Å². The Kier molecular flexibility index (Phi) is 7.88. The van der Waals surface area contributed by atoms with E-state index in [1.807, 2.05) is 36.1 Å². The van der Waals surface area contributed by atoms with Crippen LogP contribution in [0.4, 0.5) is 0 Å². The molecule has 1 aliphatic heterocycles. The summed E-state index contributed by atoms with van der Waals surface area (Å²) in [6, 6.07) is 7.60. The highest BCUT2D eigenvalue weighted by atomic mass is 16.5. The molecular weight excluding hydrogens is 398 g/mol. The number of methoxy groups -OCH3 is 1. The molecule has 1 aromatic carbocycles. The number of hydrogen-bond donors (Lipinski definition) is 1. The van der Waals surface area contributed by atoms with Crippen molar-refractivity contribution in [2.45, 2.75) is 13.3 Å².